The van der Waals surface area contributed by atoms with Crippen molar-refractivity contribution in [2.24, 2.45) is 5.11 Å². The molecule has 1 saturated heterocycles. The van der Waals surface area contributed by atoms with E-state index in [4.69, 9.17) is 19.7 Å². The Labute approximate surface area is 128 Å². The van der Waals surface area contributed by atoms with Gasteiger partial charge in [0.15, 0.2) is 0 Å². The number of methoxy groups -OCH3 is 2. The van der Waals surface area contributed by atoms with Crippen LogP contribution in [0.3, 0.4) is 0 Å². The molecule has 0 aromatic heterocycles. The molecule has 0 spiro atoms. The van der Waals surface area contributed by atoms with Gasteiger partial charge in [-0.1, -0.05) is 24.3 Å². The van der Waals surface area contributed by atoms with Crippen LogP contribution in [0.2, 0.25) is 0 Å². The minimum atomic E-state index is -1.04. The summed E-state index contributed by atoms with van der Waals surface area (Å²) in [6, 6.07) is 6.62. The first kappa shape index (κ1) is 16.4. The summed E-state index contributed by atoms with van der Waals surface area (Å²) in [6.07, 6.45) is 0. The lowest BCUT2D eigenvalue weighted by Crippen LogP contribution is -2.53. The molecule has 0 saturated carbocycles. The summed E-state index contributed by atoms with van der Waals surface area (Å²) in [6.45, 7) is 2.53. The predicted octanol–water partition coefficient (Wildman–Crippen LogP) is 1.87. The highest BCUT2D eigenvalue weighted by molar-refractivity contribution is 5.94. The Hall–Kier alpha value is -1.96. The van der Waals surface area contributed by atoms with Crippen LogP contribution in [-0.4, -0.2) is 51.3 Å². The summed E-state index contributed by atoms with van der Waals surface area (Å²) in [4.78, 5) is 16.1. The Bertz CT molecular complexity index is 559. The fourth-order valence-corrected chi connectivity index (χ4v) is 2.54. The van der Waals surface area contributed by atoms with E-state index < -0.39 is 11.8 Å². The van der Waals surface area contributed by atoms with Gasteiger partial charge in [0.1, 0.15) is 0 Å². The molecule has 0 bridgehead atoms. The smallest absolute Gasteiger partial charge is 0.257 e. The molecule has 8 nitrogen and oxygen atoms in total. The van der Waals surface area contributed by atoms with E-state index in [2.05, 4.69) is 10.0 Å². The monoisotopic (exact) mass is 306 g/mol. The maximum Gasteiger partial charge on any atom is 0.257 e. The van der Waals surface area contributed by atoms with Crippen LogP contribution in [0.25, 0.3) is 10.4 Å². The van der Waals surface area contributed by atoms with Crippen LogP contribution in [-0.2, 0) is 20.1 Å². The topological polar surface area (TPSA) is 96.8 Å². The van der Waals surface area contributed by atoms with Gasteiger partial charge in [-0.05, 0) is 10.6 Å². The number of morpholine rings is 1. The van der Waals surface area contributed by atoms with Crippen LogP contribution in [0, 0.1) is 0 Å². The quantitative estimate of drug-likeness (QED) is 0.358. The molecule has 8 heteroatoms. The van der Waals surface area contributed by atoms with Crippen molar-refractivity contribution in [2.45, 2.75) is 5.91 Å². The molecular formula is C14H18N4O4. The van der Waals surface area contributed by atoms with Crippen LogP contribution in [0.5, 0.6) is 0 Å². The zero-order valence-electron chi connectivity index (χ0n) is 12.6. The summed E-state index contributed by atoms with van der Waals surface area (Å²) in [7, 11) is 3.13. The van der Waals surface area contributed by atoms with Gasteiger partial charge in [-0.3, -0.25) is 4.79 Å². The number of nitrogens with zero attached hydrogens (tertiary/aromatic N) is 4. The van der Waals surface area contributed by atoms with Crippen LogP contribution >= 0.6 is 0 Å². The van der Waals surface area contributed by atoms with Crippen molar-refractivity contribution in [3.8, 4) is 0 Å². The number of hydrogen-bond acceptors (Lipinski definition) is 5. The van der Waals surface area contributed by atoms with Gasteiger partial charge < -0.3 is 14.2 Å². The van der Waals surface area contributed by atoms with Crippen LogP contribution in [0.4, 0.5) is 0 Å². The Morgan fingerprint density at radius 1 is 1.27 bits per heavy atom. The van der Waals surface area contributed by atoms with Gasteiger partial charge in [-0.15, -0.1) is 0 Å². The van der Waals surface area contributed by atoms with Crippen molar-refractivity contribution >= 4 is 5.91 Å². The van der Waals surface area contributed by atoms with Crippen molar-refractivity contribution in [1.82, 2.24) is 4.90 Å². The molecule has 1 amide bonds. The fraction of sp³-hybridized carbons (Fsp3) is 0.500. The van der Waals surface area contributed by atoms with Gasteiger partial charge in [-0.2, -0.15) is 0 Å². The average Bonchev–Trinajstić information content (AvgIpc) is 2.58. The fourth-order valence-electron chi connectivity index (χ4n) is 2.54. The van der Waals surface area contributed by atoms with E-state index in [0.29, 0.717) is 31.9 Å². The number of carbonyl (C=O) groups is 1. The van der Waals surface area contributed by atoms with Crippen molar-refractivity contribution < 1.29 is 19.0 Å². The average molecular weight is 306 g/mol. The van der Waals surface area contributed by atoms with Crippen LogP contribution in [0.15, 0.2) is 29.4 Å². The Balaban J connectivity index is 2.32. The molecule has 2 rings (SSSR count). The van der Waals surface area contributed by atoms with Crippen molar-refractivity contribution in [1.29, 1.82) is 0 Å². The molecule has 118 valence electrons. The second kappa shape index (κ2) is 7.35. The van der Waals surface area contributed by atoms with Gasteiger partial charge in [-0.25, -0.2) is 4.90 Å². The zero-order chi connectivity index (χ0) is 16.0. The highest BCUT2D eigenvalue weighted by Crippen LogP contribution is 2.31. The molecule has 1 aromatic carbocycles. The summed E-state index contributed by atoms with van der Waals surface area (Å²) >= 11 is 0. The highest BCUT2D eigenvalue weighted by Gasteiger charge is 2.40. The van der Waals surface area contributed by atoms with E-state index in [1.165, 1.54) is 0 Å². The number of hydrogen-bond donors (Lipinski definition) is 0. The lowest BCUT2D eigenvalue weighted by molar-refractivity contribution is -0.316. The zero-order valence-corrected chi connectivity index (χ0v) is 12.6. The SMILES string of the molecule is COC(OC)(c1ccc(C(=O)N=[N+]=[N-])cc1)N1CCOCC1. The van der Waals surface area contributed by atoms with E-state index in [1.54, 1.807) is 38.5 Å². The molecule has 0 N–H and O–H groups in total. The van der Waals surface area contributed by atoms with Gasteiger partial charge in [0.25, 0.3) is 5.91 Å². The third kappa shape index (κ3) is 3.11. The lowest BCUT2D eigenvalue weighted by atomic mass is 10.1. The second-order valence-corrected chi connectivity index (χ2v) is 4.66. The molecule has 1 aliphatic rings. The molecular weight excluding hydrogens is 288 g/mol. The molecule has 1 aromatic rings. The molecule has 1 fully saturated rings. The molecule has 0 atom stereocenters. The summed E-state index contributed by atoms with van der Waals surface area (Å²) in [5.74, 6) is -1.66. The molecule has 1 aliphatic heterocycles. The maximum atomic E-state index is 11.5. The van der Waals surface area contributed by atoms with Crippen molar-refractivity contribution in [3.05, 3.63) is 45.8 Å². The number of carbonyl (C=O) groups excluding carboxylic acids is 1. The number of rotatable bonds is 5. The Kier molecular flexibility index (Phi) is 5.48. The molecule has 22 heavy (non-hydrogen) atoms. The summed E-state index contributed by atoms with van der Waals surface area (Å²) < 4.78 is 16.6. The van der Waals surface area contributed by atoms with Crippen molar-refractivity contribution in [3.63, 3.8) is 0 Å². The number of azide groups is 1. The highest BCUT2D eigenvalue weighted by atomic mass is 16.7. The molecule has 0 aliphatic carbocycles. The van der Waals surface area contributed by atoms with E-state index in [-0.39, 0.29) is 0 Å². The lowest BCUT2D eigenvalue weighted by Gasteiger charge is -2.43. The first-order valence-corrected chi connectivity index (χ1v) is 6.81. The predicted molar refractivity (Wildman–Crippen MR) is 78.0 cm³/mol. The van der Waals surface area contributed by atoms with Gasteiger partial charge in [0, 0.05) is 43.3 Å². The van der Waals surface area contributed by atoms with E-state index in [1.807, 2.05) is 4.90 Å². The molecule has 1 heterocycles. The van der Waals surface area contributed by atoms with E-state index >= 15 is 0 Å². The van der Waals surface area contributed by atoms with E-state index in [9.17, 15) is 4.79 Å². The van der Waals surface area contributed by atoms with Crippen molar-refractivity contribution in [2.75, 3.05) is 40.5 Å². The third-order valence-electron chi connectivity index (χ3n) is 3.61. The largest absolute Gasteiger partial charge is 0.379 e. The number of ether oxygens (including phenoxy) is 3. The normalized spacial score (nSPS) is 16.1. The minimum Gasteiger partial charge on any atom is -0.379 e. The van der Waals surface area contributed by atoms with Gasteiger partial charge in [0.2, 0.25) is 5.91 Å². The standard InChI is InChI=1S/C14H18N4O4/c1-20-14(21-2,18-7-9-22-10-8-18)12-5-3-11(4-6-12)13(19)16-17-15/h3-6H,7-10H2,1-2H3. The van der Waals surface area contributed by atoms with Crippen LogP contribution in [0.1, 0.15) is 15.9 Å². The third-order valence-corrected chi connectivity index (χ3v) is 3.61. The number of benzene rings is 1. The molecule has 0 radical (unpaired) electrons. The maximum absolute atomic E-state index is 11.5. The number of amides is 1. The first-order valence-electron chi connectivity index (χ1n) is 6.81. The summed E-state index contributed by atoms with van der Waals surface area (Å²) in [5, 5.41) is 3.07. The van der Waals surface area contributed by atoms with Gasteiger partial charge >= 0.3 is 0 Å². The Morgan fingerprint density at radius 2 is 1.86 bits per heavy atom. The van der Waals surface area contributed by atoms with Gasteiger partial charge in [0.05, 0.1) is 13.2 Å². The van der Waals surface area contributed by atoms with Crippen LogP contribution < -0.4 is 0 Å². The minimum absolute atomic E-state index is 0.310. The van der Waals surface area contributed by atoms with E-state index in [0.717, 1.165) is 5.56 Å². The first-order chi connectivity index (χ1) is 10.7. The molecule has 0 unspecified atom stereocenters. The second-order valence-electron chi connectivity index (χ2n) is 4.66. The Morgan fingerprint density at radius 3 is 2.36 bits per heavy atom. The summed E-state index contributed by atoms with van der Waals surface area (Å²) in [5.41, 5.74) is 9.36.